The van der Waals surface area contributed by atoms with Crippen molar-refractivity contribution < 1.29 is 14.3 Å². The van der Waals surface area contributed by atoms with Gasteiger partial charge in [-0.1, -0.05) is 24.7 Å². The molecule has 0 aliphatic carbocycles. The molecule has 1 aromatic heterocycles. The fourth-order valence-electron chi connectivity index (χ4n) is 2.16. The second-order valence-corrected chi connectivity index (χ2v) is 5.98. The third-order valence-corrected chi connectivity index (χ3v) is 4.41. The Balaban J connectivity index is 2.45. The Morgan fingerprint density at radius 3 is 2.86 bits per heavy atom. The highest BCUT2D eigenvalue weighted by molar-refractivity contribution is 7.16. The number of hydrogen-bond donors (Lipinski definition) is 0. The van der Waals surface area contributed by atoms with Crippen molar-refractivity contribution >= 4 is 27.5 Å². The lowest BCUT2D eigenvalue weighted by Crippen LogP contribution is -2.19. The van der Waals surface area contributed by atoms with E-state index in [2.05, 4.69) is 11.9 Å². The number of amides is 1. The first-order chi connectivity index (χ1) is 10.7. The lowest BCUT2D eigenvalue weighted by molar-refractivity contribution is -0.118. The molecule has 0 radical (unpaired) electrons. The Morgan fingerprint density at radius 1 is 1.36 bits per heavy atom. The van der Waals surface area contributed by atoms with Crippen LogP contribution in [0.15, 0.2) is 23.2 Å². The van der Waals surface area contributed by atoms with Crippen LogP contribution in [-0.4, -0.2) is 31.3 Å². The van der Waals surface area contributed by atoms with E-state index in [4.69, 9.17) is 9.47 Å². The van der Waals surface area contributed by atoms with E-state index in [1.807, 2.05) is 22.8 Å². The third-order valence-electron chi connectivity index (χ3n) is 3.37. The molecule has 0 unspecified atom stereocenters. The number of benzene rings is 1. The molecule has 0 saturated heterocycles. The third kappa shape index (κ3) is 3.96. The number of rotatable bonds is 7. The average Bonchev–Trinajstić information content (AvgIpc) is 2.86. The summed E-state index contributed by atoms with van der Waals surface area (Å²) < 4.78 is 13.5. The summed E-state index contributed by atoms with van der Waals surface area (Å²) in [6.07, 6.45) is 2.37. The zero-order chi connectivity index (χ0) is 15.9. The van der Waals surface area contributed by atoms with Gasteiger partial charge in [-0.15, -0.1) is 0 Å². The highest BCUT2D eigenvalue weighted by atomic mass is 32.1. The lowest BCUT2D eigenvalue weighted by Gasteiger charge is -2.05. The zero-order valence-electron chi connectivity index (χ0n) is 13.3. The van der Waals surface area contributed by atoms with E-state index in [1.54, 1.807) is 14.2 Å². The monoisotopic (exact) mass is 322 g/mol. The molecule has 1 heterocycles. The minimum absolute atomic E-state index is 0.0634. The van der Waals surface area contributed by atoms with Gasteiger partial charge in [-0.25, -0.2) is 0 Å². The summed E-state index contributed by atoms with van der Waals surface area (Å²) in [7, 11) is 3.31. The van der Waals surface area contributed by atoms with E-state index < -0.39 is 0 Å². The maximum absolute atomic E-state index is 12.0. The molecule has 0 spiro atoms. The van der Waals surface area contributed by atoms with Crippen molar-refractivity contribution in [3.8, 4) is 5.75 Å². The van der Waals surface area contributed by atoms with E-state index >= 15 is 0 Å². The molecule has 22 heavy (non-hydrogen) atoms. The number of ether oxygens (including phenoxy) is 2. The molecule has 6 heteroatoms. The van der Waals surface area contributed by atoms with Gasteiger partial charge < -0.3 is 14.0 Å². The second kappa shape index (κ2) is 8.10. The van der Waals surface area contributed by atoms with Crippen molar-refractivity contribution in [3.05, 3.63) is 23.0 Å². The van der Waals surface area contributed by atoms with Crippen molar-refractivity contribution in [2.75, 3.05) is 20.8 Å². The van der Waals surface area contributed by atoms with Crippen LogP contribution in [0, 0.1) is 0 Å². The van der Waals surface area contributed by atoms with E-state index in [0.29, 0.717) is 19.6 Å². The van der Waals surface area contributed by atoms with Gasteiger partial charge in [-0.2, -0.15) is 4.99 Å². The van der Waals surface area contributed by atoms with Crippen molar-refractivity contribution in [3.63, 3.8) is 0 Å². The fourth-order valence-corrected chi connectivity index (χ4v) is 3.26. The minimum atomic E-state index is -0.0634. The van der Waals surface area contributed by atoms with Crippen LogP contribution in [0.25, 0.3) is 10.2 Å². The number of hydrogen-bond acceptors (Lipinski definition) is 4. The molecule has 0 saturated carbocycles. The highest BCUT2D eigenvalue weighted by Crippen LogP contribution is 2.23. The van der Waals surface area contributed by atoms with Crippen molar-refractivity contribution in [1.29, 1.82) is 0 Å². The molecule has 0 fully saturated rings. The first kappa shape index (κ1) is 16.7. The van der Waals surface area contributed by atoms with Gasteiger partial charge in [0.2, 0.25) is 5.91 Å². The number of thiazole rings is 1. The van der Waals surface area contributed by atoms with Crippen LogP contribution in [-0.2, 0) is 16.1 Å². The molecule has 120 valence electrons. The molecule has 2 aromatic rings. The highest BCUT2D eigenvalue weighted by Gasteiger charge is 2.09. The maximum Gasteiger partial charge on any atom is 0.248 e. The predicted molar refractivity (Wildman–Crippen MR) is 88.3 cm³/mol. The molecule has 0 bridgehead atoms. The van der Waals surface area contributed by atoms with Crippen LogP contribution < -0.4 is 9.54 Å². The molecule has 0 N–H and O–H groups in total. The minimum Gasteiger partial charge on any atom is -0.497 e. The van der Waals surface area contributed by atoms with Crippen LogP contribution in [0.2, 0.25) is 0 Å². The Bertz CT molecular complexity index is 703. The summed E-state index contributed by atoms with van der Waals surface area (Å²) in [5.74, 6) is 0.739. The summed E-state index contributed by atoms with van der Waals surface area (Å²) in [6.45, 7) is 3.31. The van der Waals surface area contributed by atoms with Crippen molar-refractivity contribution in [2.24, 2.45) is 4.99 Å². The summed E-state index contributed by atoms with van der Waals surface area (Å²) in [5, 5.41) is 0. The molecule has 0 atom stereocenters. The largest absolute Gasteiger partial charge is 0.497 e. The fraction of sp³-hybridized carbons (Fsp3) is 0.500. The standard InChI is InChI=1S/C16H22N2O3S/c1-4-5-6-15(19)17-16-18(9-10-20-2)13-8-7-12(21-3)11-14(13)22-16/h7-8,11H,4-6,9-10H2,1-3H3. The number of unbranched alkanes of at least 4 members (excludes halogenated alkanes) is 1. The Hall–Kier alpha value is -1.66. The summed E-state index contributed by atoms with van der Waals surface area (Å²) in [4.78, 5) is 17.0. The Morgan fingerprint density at radius 2 is 2.18 bits per heavy atom. The van der Waals surface area contributed by atoms with Crippen LogP contribution in [0.1, 0.15) is 26.2 Å². The smallest absolute Gasteiger partial charge is 0.248 e. The molecular weight excluding hydrogens is 300 g/mol. The number of carbonyl (C=O) groups is 1. The molecule has 5 nitrogen and oxygen atoms in total. The van der Waals surface area contributed by atoms with Crippen LogP contribution in [0.4, 0.5) is 0 Å². The maximum atomic E-state index is 12.0. The summed E-state index contributed by atoms with van der Waals surface area (Å²) in [5.41, 5.74) is 1.05. The van der Waals surface area contributed by atoms with Crippen molar-refractivity contribution in [1.82, 2.24) is 4.57 Å². The van der Waals surface area contributed by atoms with Crippen LogP contribution in [0.5, 0.6) is 5.75 Å². The van der Waals surface area contributed by atoms with Gasteiger partial charge in [-0.3, -0.25) is 4.79 Å². The lowest BCUT2D eigenvalue weighted by atomic mass is 10.2. The van der Waals surface area contributed by atoms with Gasteiger partial charge in [0.15, 0.2) is 4.80 Å². The summed E-state index contributed by atoms with van der Waals surface area (Å²) >= 11 is 1.51. The Labute approximate surface area is 134 Å². The SMILES string of the molecule is CCCCC(=O)N=c1sc2cc(OC)ccc2n1CCOC. The topological polar surface area (TPSA) is 52.8 Å². The first-order valence-corrected chi connectivity index (χ1v) is 8.25. The predicted octanol–water partition coefficient (Wildman–Crippen LogP) is 2.98. The first-order valence-electron chi connectivity index (χ1n) is 7.43. The molecule has 1 aromatic carbocycles. The van der Waals surface area contributed by atoms with Gasteiger partial charge in [-0.05, 0) is 24.6 Å². The van der Waals surface area contributed by atoms with E-state index in [0.717, 1.165) is 33.6 Å². The molecule has 0 aliphatic heterocycles. The quantitative estimate of drug-likeness (QED) is 0.787. The van der Waals surface area contributed by atoms with Gasteiger partial charge >= 0.3 is 0 Å². The van der Waals surface area contributed by atoms with E-state index in [-0.39, 0.29) is 5.91 Å². The normalized spacial score (nSPS) is 12.0. The van der Waals surface area contributed by atoms with E-state index in [1.165, 1.54) is 11.3 Å². The summed E-state index contributed by atoms with van der Waals surface area (Å²) in [6, 6.07) is 5.88. The van der Waals surface area contributed by atoms with Gasteiger partial charge in [0.25, 0.3) is 0 Å². The number of nitrogens with zero attached hydrogens (tertiary/aromatic N) is 2. The molecule has 1 amide bonds. The van der Waals surface area contributed by atoms with Gasteiger partial charge in [0.05, 0.1) is 23.9 Å². The Kier molecular flexibility index (Phi) is 6.15. The van der Waals surface area contributed by atoms with Crippen LogP contribution in [0.3, 0.4) is 0 Å². The van der Waals surface area contributed by atoms with Gasteiger partial charge in [0.1, 0.15) is 5.75 Å². The average molecular weight is 322 g/mol. The van der Waals surface area contributed by atoms with E-state index in [9.17, 15) is 4.79 Å². The molecule has 0 aliphatic rings. The number of carbonyl (C=O) groups excluding carboxylic acids is 1. The second-order valence-electron chi connectivity index (χ2n) is 4.97. The van der Waals surface area contributed by atoms with Crippen molar-refractivity contribution in [2.45, 2.75) is 32.7 Å². The number of aromatic nitrogens is 1. The number of fused-ring (bicyclic) bond motifs is 1. The zero-order valence-corrected chi connectivity index (χ0v) is 14.1. The van der Waals surface area contributed by atoms with Gasteiger partial charge in [0, 0.05) is 20.1 Å². The number of methoxy groups -OCH3 is 2. The van der Waals surface area contributed by atoms with Crippen LogP contribution >= 0.6 is 11.3 Å². The molecular formula is C16H22N2O3S. The molecule has 2 rings (SSSR count).